The molecule has 0 aromatic heterocycles. The van der Waals surface area contributed by atoms with Crippen molar-refractivity contribution in [2.45, 2.75) is 43.7 Å². The van der Waals surface area contributed by atoms with Crippen molar-refractivity contribution in [3.63, 3.8) is 0 Å². The van der Waals surface area contributed by atoms with Crippen LogP contribution in [0.15, 0.2) is 18.2 Å². The van der Waals surface area contributed by atoms with Crippen molar-refractivity contribution >= 4 is 5.91 Å². The van der Waals surface area contributed by atoms with Crippen molar-refractivity contribution in [3.8, 4) is 0 Å². The van der Waals surface area contributed by atoms with Gasteiger partial charge in [0.15, 0.2) is 0 Å². The molecule has 1 aliphatic carbocycles. The van der Waals surface area contributed by atoms with E-state index in [1.54, 1.807) is 4.90 Å². The van der Waals surface area contributed by atoms with E-state index in [0.29, 0.717) is 12.1 Å². The molecule has 108 valence electrons. The number of rotatable bonds is 3. The third-order valence-electron chi connectivity index (χ3n) is 4.23. The van der Waals surface area contributed by atoms with Crippen molar-refractivity contribution in [1.29, 1.82) is 0 Å². The highest BCUT2D eigenvalue weighted by atomic mass is 19.1. The molecule has 2 fully saturated rings. The Morgan fingerprint density at radius 3 is 2.55 bits per heavy atom. The second-order valence-corrected chi connectivity index (χ2v) is 5.80. The van der Waals surface area contributed by atoms with Crippen molar-refractivity contribution in [1.82, 2.24) is 4.90 Å². The van der Waals surface area contributed by atoms with Gasteiger partial charge in [-0.25, -0.2) is 8.78 Å². The van der Waals surface area contributed by atoms with Crippen LogP contribution in [-0.4, -0.2) is 34.1 Å². The van der Waals surface area contributed by atoms with Crippen molar-refractivity contribution in [3.05, 3.63) is 35.4 Å². The summed E-state index contributed by atoms with van der Waals surface area (Å²) in [4.78, 5) is 14.0. The minimum atomic E-state index is -0.723. The van der Waals surface area contributed by atoms with Crippen LogP contribution in [0.1, 0.15) is 31.2 Å². The summed E-state index contributed by atoms with van der Waals surface area (Å²) in [5.74, 6) is -1.52. The number of hydrogen-bond donors (Lipinski definition) is 1. The Morgan fingerprint density at radius 1 is 1.30 bits per heavy atom. The lowest BCUT2D eigenvalue weighted by molar-refractivity contribution is -0.134. The van der Waals surface area contributed by atoms with Gasteiger partial charge in [-0.1, -0.05) is 0 Å². The molecular formula is C15H17F2NO2. The normalized spacial score (nSPS) is 23.9. The summed E-state index contributed by atoms with van der Waals surface area (Å²) < 4.78 is 26.3. The molecule has 20 heavy (non-hydrogen) atoms. The van der Waals surface area contributed by atoms with E-state index < -0.39 is 17.2 Å². The molecule has 5 heteroatoms. The van der Waals surface area contributed by atoms with Gasteiger partial charge in [-0.15, -0.1) is 0 Å². The van der Waals surface area contributed by atoms with Crippen molar-refractivity contribution in [2.24, 2.45) is 0 Å². The van der Waals surface area contributed by atoms with Crippen LogP contribution in [0.3, 0.4) is 0 Å². The van der Waals surface area contributed by atoms with E-state index >= 15 is 0 Å². The maximum absolute atomic E-state index is 13.1. The Morgan fingerprint density at radius 2 is 1.95 bits per heavy atom. The van der Waals surface area contributed by atoms with Gasteiger partial charge >= 0.3 is 0 Å². The number of carbonyl (C=O) groups excluding carboxylic acids is 1. The maximum Gasteiger partial charge on any atom is 0.227 e. The summed E-state index contributed by atoms with van der Waals surface area (Å²) in [6, 6.07) is 3.02. The molecule has 1 atom stereocenters. The van der Waals surface area contributed by atoms with Gasteiger partial charge in [0.05, 0.1) is 18.1 Å². The second kappa shape index (κ2) is 4.81. The van der Waals surface area contributed by atoms with Crippen LogP contribution in [0, 0.1) is 11.6 Å². The predicted octanol–water partition coefficient (Wildman–Crippen LogP) is 2.02. The standard InChI is InChI=1S/C15H17F2NO2/c16-11-6-10(7-12(17)9-11)8-14(19)18-5-1-2-13(18)15(20)3-4-15/h6-7,9,13,20H,1-5,8H2. The molecule has 3 nitrogen and oxygen atoms in total. The van der Waals surface area contributed by atoms with E-state index in [4.69, 9.17) is 0 Å². The van der Waals surface area contributed by atoms with Crippen LogP contribution in [0.25, 0.3) is 0 Å². The summed E-state index contributed by atoms with van der Waals surface area (Å²) in [5.41, 5.74) is -0.389. The van der Waals surface area contributed by atoms with Gasteiger partial charge in [-0.05, 0) is 43.4 Å². The molecule has 1 aromatic rings. The molecule has 1 N–H and O–H groups in total. The molecule has 1 saturated carbocycles. The molecular weight excluding hydrogens is 264 g/mol. The summed E-state index contributed by atoms with van der Waals surface area (Å²) in [6.45, 7) is 0.615. The van der Waals surface area contributed by atoms with Gasteiger partial charge < -0.3 is 10.0 Å². The molecule has 3 rings (SSSR count). The van der Waals surface area contributed by atoms with Crippen LogP contribution in [0.4, 0.5) is 8.78 Å². The number of carbonyl (C=O) groups is 1. The zero-order valence-electron chi connectivity index (χ0n) is 11.1. The summed E-state index contributed by atoms with van der Waals surface area (Å²) in [6.07, 6.45) is 3.11. The first-order valence-electron chi connectivity index (χ1n) is 6.95. The smallest absolute Gasteiger partial charge is 0.227 e. The lowest BCUT2D eigenvalue weighted by Crippen LogP contribution is -2.44. The Labute approximate surface area is 116 Å². The monoisotopic (exact) mass is 281 g/mol. The Balaban J connectivity index is 1.72. The van der Waals surface area contributed by atoms with Gasteiger partial charge in [-0.3, -0.25) is 4.79 Å². The van der Waals surface area contributed by atoms with Crippen LogP contribution in [-0.2, 0) is 11.2 Å². The van der Waals surface area contributed by atoms with Crippen LogP contribution >= 0.6 is 0 Å². The minimum absolute atomic E-state index is 0.0265. The fourth-order valence-corrected chi connectivity index (χ4v) is 3.07. The third kappa shape index (κ3) is 2.54. The van der Waals surface area contributed by atoms with Crippen molar-refractivity contribution < 1.29 is 18.7 Å². The number of amides is 1. The fraction of sp³-hybridized carbons (Fsp3) is 0.533. The molecule has 1 heterocycles. The van der Waals surface area contributed by atoms with Gasteiger partial charge in [0.25, 0.3) is 0 Å². The molecule has 0 radical (unpaired) electrons. The Bertz CT molecular complexity index is 522. The van der Waals surface area contributed by atoms with E-state index in [9.17, 15) is 18.7 Å². The van der Waals surface area contributed by atoms with E-state index in [1.165, 1.54) is 12.1 Å². The molecule has 1 unspecified atom stereocenters. The molecule has 1 amide bonds. The number of aliphatic hydroxyl groups is 1. The SMILES string of the molecule is O=C(Cc1cc(F)cc(F)c1)N1CCCC1C1(O)CC1. The number of likely N-dealkylation sites (tertiary alicyclic amines) is 1. The summed E-state index contributed by atoms with van der Waals surface area (Å²) >= 11 is 0. The molecule has 0 spiro atoms. The summed E-state index contributed by atoms with van der Waals surface area (Å²) in [7, 11) is 0. The Hall–Kier alpha value is -1.49. The average molecular weight is 281 g/mol. The molecule has 0 bridgehead atoms. The van der Waals surface area contributed by atoms with Crippen LogP contribution in [0.5, 0.6) is 0 Å². The number of nitrogens with zero attached hydrogens (tertiary/aromatic N) is 1. The average Bonchev–Trinajstić information content (AvgIpc) is 2.91. The molecule has 1 aromatic carbocycles. The van der Waals surface area contributed by atoms with Gasteiger partial charge in [-0.2, -0.15) is 0 Å². The first-order valence-corrected chi connectivity index (χ1v) is 6.95. The highest BCUT2D eigenvalue weighted by Crippen LogP contribution is 2.44. The molecule has 1 saturated heterocycles. The van der Waals surface area contributed by atoms with Crippen LogP contribution < -0.4 is 0 Å². The zero-order valence-corrected chi connectivity index (χ0v) is 11.1. The predicted molar refractivity (Wildman–Crippen MR) is 69.0 cm³/mol. The second-order valence-electron chi connectivity index (χ2n) is 5.80. The maximum atomic E-state index is 13.1. The van der Waals surface area contributed by atoms with Gasteiger partial charge in [0.2, 0.25) is 5.91 Å². The first kappa shape index (κ1) is 13.5. The highest BCUT2D eigenvalue weighted by Gasteiger charge is 2.52. The summed E-state index contributed by atoms with van der Waals surface area (Å²) in [5, 5.41) is 10.2. The zero-order chi connectivity index (χ0) is 14.3. The third-order valence-corrected chi connectivity index (χ3v) is 4.23. The molecule has 2 aliphatic rings. The fourth-order valence-electron chi connectivity index (χ4n) is 3.07. The van der Waals surface area contributed by atoms with Gasteiger partial charge in [0.1, 0.15) is 11.6 Å². The quantitative estimate of drug-likeness (QED) is 0.921. The number of hydrogen-bond acceptors (Lipinski definition) is 2. The topological polar surface area (TPSA) is 40.5 Å². The minimum Gasteiger partial charge on any atom is -0.388 e. The lowest BCUT2D eigenvalue weighted by atomic mass is 10.1. The van der Waals surface area contributed by atoms with Crippen molar-refractivity contribution in [2.75, 3.05) is 6.54 Å². The van der Waals surface area contributed by atoms with Crippen LogP contribution in [0.2, 0.25) is 0 Å². The molecule has 1 aliphatic heterocycles. The Kier molecular flexibility index (Phi) is 3.24. The van der Waals surface area contributed by atoms with E-state index in [-0.39, 0.29) is 18.4 Å². The largest absolute Gasteiger partial charge is 0.388 e. The van der Waals surface area contributed by atoms with E-state index in [2.05, 4.69) is 0 Å². The van der Waals surface area contributed by atoms with Gasteiger partial charge in [0, 0.05) is 12.6 Å². The lowest BCUT2D eigenvalue weighted by Gasteiger charge is -2.28. The number of benzene rings is 1. The highest BCUT2D eigenvalue weighted by molar-refractivity contribution is 5.79. The van der Waals surface area contributed by atoms with E-state index in [1.807, 2.05) is 0 Å². The number of halogens is 2. The van der Waals surface area contributed by atoms with E-state index in [0.717, 1.165) is 31.7 Å². The first-order chi connectivity index (χ1) is 9.48.